The van der Waals surface area contributed by atoms with Gasteiger partial charge in [0.2, 0.25) is 0 Å². The second-order valence-electron chi connectivity index (χ2n) is 5.49. The van der Waals surface area contributed by atoms with E-state index in [0.717, 1.165) is 25.7 Å². The van der Waals surface area contributed by atoms with E-state index in [4.69, 9.17) is 4.74 Å². The molecule has 0 bridgehead atoms. The minimum absolute atomic E-state index is 0.0143. The van der Waals surface area contributed by atoms with E-state index in [1.165, 1.54) is 44.9 Å². The van der Waals surface area contributed by atoms with Crippen LogP contribution in [0.5, 0.6) is 0 Å². The lowest BCUT2D eigenvalue weighted by Crippen LogP contribution is -2.05. The maximum Gasteiger partial charge on any atom is 0.305 e. The SMILES string of the molecule is CCCC=CCCCCCCCCC(=O)OCCCC. The Balaban J connectivity index is 3.14. The van der Waals surface area contributed by atoms with Crippen molar-refractivity contribution in [3.63, 3.8) is 0 Å². The van der Waals surface area contributed by atoms with Crippen LogP contribution in [0, 0.1) is 0 Å². The van der Waals surface area contributed by atoms with Gasteiger partial charge >= 0.3 is 5.97 Å². The Morgan fingerprint density at radius 2 is 1.45 bits per heavy atom. The van der Waals surface area contributed by atoms with Crippen molar-refractivity contribution in [2.24, 2.45) is 0 Å². The summed E-state index contributed by atoms with van der Waals surface area (Å²) in [6.07, 6.45) is 18.3. The molecule has 0 fully saturated rings. The van der Waals surface area contributed by atoms with E-state index in [2.05, 4.69) is 26.0 Å². The molecule has 2 nitrogen and oxygen atoms in total. The zero-order chi connectivity index (χ0) is 14.9. The first kappa shape index (κ1) is 19.2. The lowest BCUT2D eigenvalue weighted by atomic mass is 10.1. The second-order valence-corrected chi connectivity index (χ2v) is 5.49. The fraction of sp³-hybridized carbons (Fsp3) is 0.833. The highest BCUT2D eigenvalue weighted by Gasteiger charge is 2.01. The molecule has 0 aliphatic carbocycles. The van der Waals surface area contributed by atoms with Crippen LogP contribution in [0.25, 0.3) is 0 Å². The van der Waals surface area contributed by atoms with Crippen molar-refractivity contribution in [2.45, 2.75) is 90.9 Å². The number of esters is 1. The molecule has 0 radical (unpaired) electrons. The standard InChI is InChI=1S/C18H34O2/c1-3-5-7-8-9-10-11-12-13-14-15-16-18(19)20-17-6-4-2/h7-8H,3-6,9-17H2,1-2H3. The molecule has 0 heterocycles. The Morgan fingerprint density at radius 3 is 2.15 bits per heavy atom. The number of carbonyl (C=O) groups excluding carboxylic acids is 1. The molecular formula is C18H34O2. The fourth-order valence-corrected chi connectivity index (χ4v) is 2.04. The first-order chi connectivity index (χ1) is 9.81. The predicted octanol–water partition coefficient (Wildman–Crippen LogP) is 5.81. The summed E-state index contributed by atoms with van der Waals surface area (Å²) in [4.78, 5) is 11.3. The molecule has 0 spiro atoms. The van der Waals surface area contributed by atoms with E-state index in [1.54, 1.807) is 0 Å². The van der Waals surface area contributed by atoms with Crippen LogP contribution in [-0.2, 0) is 9.53 Å². The molecule has 0 N–H and O–H groups in total. The Labute approximate surface area is 126 Å². The minimum atomic E-state index is -0.0143. The number of unbranched alkanes of at least 4 members (excludes halogenated alkanes) is 8. The van der Waals surface area contributed by atoms with Crippen LogP contribution in [0.4, 0.5) is 0 Å². The van der Waals surface area contributed by atoms with Crippen LogP contribution in [0.15, 0.2) is 12.2 Å². The monoisotopic (exact) mass is 282 g/mol. The van der Waals surface area contributed by atoms with Gasteiger partial charge in [-0.3, -0.25) is 4.79 Å². The number of ether oxygens (including phenoxy) is 1. The summed E-state index contributed by atoms with van der Waals surface area (Å²) < 4.78 is 5.13. The molecular weight excluding hydrogens is 248 g/mol. The summed E-state index contributed by atoms with van der Waals surface area (Å²) >= 11 is 0. The second kappa shape index (κ2) is 16.3. The molecule has 2 heteroatoms. The van der Waals surface area contributed by atoms with Crippen LogP contribution in [-0.4, -0.2) is 12.6 Å². The van der Waals surface area contributed by atoms with E-state index < -0.39 is 0 Å². The van der Waals surface area contributed by atoms with E-state index in [-0.39, 0.29) is 5.97 Å². The molecule has 0 aliphatic heterocycles. The molecule has 118 valence electrons. The molecule has 20 heavy (non-hydrogen) atoms. The van der Waals surface area contributed by atoms with Gasteiger partial charge in [0.15, 0.2) is 0 Å². The lowest BCUT2D eigenvalue weighted by molar-refractivity contribution is -0.143. The van der Waals surface area contributed by atoms with Gasteiger partial charge in [-0.2, -0.15) is 0 Å². The maximum atomic E-state index is 11.3. The largest absolute Gasteiger partial charge is 0.466 e. The number of allylic oxidation sites excluding steroid dienone is 2. The maximum absolute atomic E-state index is 11.3. The molecule has 0 rings (SSSR count). The Bertz CT molecular complexity index is 234. The number of hydrogen-bond acceptors (Lipinski definition) is 2. The lowest BCUT2D eigenvalue weighted by Gasteiger charge is -2.03. The summed E-state index contributed by atoms with van der Waals surface area (Å²) in [5.74, 6) is -0.0143. The van der Waals surface area contributed by atoms with Gasteiger partial charge in [-0.05, 0) is 32.1 Å². The first-order valence-electron chi connectivity index (χ1n) is 8.61. The zero-order valence-corrected chi connectivity index (χ0v) is 13.7. The van der Waals surface area contributed by atoms with Gasteiger partial charge in [-0.25, -0.2) is 0 Å². The summed E-state index contributed by atoms with van der Waals surface area (Å²) in [5, 5.41) is 0. The van der Waals surface area contributed by atoms with Gasteiger partial charge in [0.25, 0.3) is 0 Å². The van der Waals surface area contributed by atoms with Crippen molar-refractivity contribution in [3.05, 3.63) is 12.2 Å². The van der Waals surface area contributed by atoms with Crippen molar-refractivity contribution >= 4 is 5.97 Å². The minimum Gasteiger partial charge on any atom is -0.466 e. The molecule has 0 saturated heterocycles. The Morgan fingerprint density at radius 1 is 0.800 bits per heavy atom. The molecule has 0 saturated carbocycles. The van der Waals surface area contributed by atoms with Gasteiger partial charge in [0, 0.05) is 6.42 Å². The van der Waals surface area contributed by atoms with E-state index >= 15 is 0 Å². The summed E-state index contributed by atoms with van der Waals surface area (Å²) in [5.41, 5.74) is 0. The van der Waals surface area contributed by atoms with Crippen molar-refractivity contribution in [1.82, 2.24) is 0 Å². The summed E-state index contributed by atoms with van der Waals surface area (Å²) in [6.45, 7) is 4.91. The smallest absolute Gasteiger partial charge is 0.305 e. The van der Waals surface area contributed by atoms with Crippen LogP contribution in [0.2, 0.25) is 0 Å². The molecule has 0 amide bonds. The molecule has 0 aromatic carbocycles. The molecule has 0 unspecified atom stereocenters. The third kappa shape index (κ3) is 15.3. The van der Waals surface area contributed by atoms with E-state index in [1.807, 2.05) is 0 Å². The van der Waals surface area contributed by atoms with Crippen LogP contribution < -0.4 is 0 Å². The normalized spacial score (nSPS) is 11.1. The third-order valence-electron chi connectivity index (χ3n) is 3.38. The molecule has 0 aliphatic rings. The van der Waals surface area contributed by atoms with Crippen LogP contribution in [0.1, 0.15) is 90.9 Å². The number of carbonyl (C=O) groups is 1. The predicted molar refractivity (Wildman–Crippen MR) is 86.9 cm³/mol. The molecule has 0 aromatic heterocycles. The number of hydrogen-bond donors (Lipinski definition) is 0. The zero-order valence-electron chi connectivity index (χ0n) is 13.7. The van der Waals surface area contributed by atoms with Crippen LogP contribution >= 0.6 is 0 Å². The summed E-state index contributed by atoms with van der Waals surface area (Å²) in [7, 11) is 0. The average molecular weight is 282 g/mol. The highest BCUT2D eigenvalue weighted by Crippen LogP contribution is 2.09. The van der Waals surface area contributed by atoms with Crippen molar-refractivity contribution in [1.29, 1.82) is 0 Å². The number of rotatable bonds is 14. The molecule has 0 aromatic rings. The first-order valence-corrected chi connectivity index (χ1v) is 8.61. The Kier molecular flexibility index (Phi) is 15.6. The average Bonchev–Trinajstić information content (AvgIpc) is 2.45. The van der Waals surface area contributed by atoms with Gasteiger partial charge in [-0.15, -0.1) is 0 Å². The van der Waals surface area contributed by atoms with Crippen molar-refractivity contribution in [3.8, 4) is 0 Å². The van der Waals surface area contributed by atoms with Crippen LogP contribution in [0.3, 0.4) is 0 Å². The topological polar surface area (TPSA) is 26.3 Å². The third-order valence-corrected chi connectivity index (χ3v) is 3.38. The summed E-state index contributed by atoms with van der Waals surface area (Å²) in [6, 6.07) is 0. The van der Waals surface area contributed by atoms with Crippen molar-refractivity contribution < 1.29 is 9.53 Å². The Hall–Kier alpha value is -0.790. The van der Waals surface area contributed by atoms with Gasteiger partial charge in [0.1, 0.15) is 0 Å². The van der Waals surface area contributed by atoms with Crippen molar-refractivity contribution in [2.75, 3.05) is 6.61 Å². The highest BCUT2D eigenvalue weighted by molar-refractivity contribution is 5.69. The highest BCUT2D eigenvalue weighted by atomic mass is 16.5. The fourth-order valence-electron chi connectivity index (χ4n) is 2.04. The van der Waals surface area contributed by atoms with Gasteiger partial charge in [0.05, 0.1) is 6.61 Å². The van der Waals surface area contributed by atoms with Gasteiger partial charge < -0.3 is 4.74 Å². The van der Waals surface area contributed by atoms with E-state index in [0.29, 0.717) is 13.0 Å². The quantitative estimate of drug-likeness (QED) is 0.228. The van der Waals surface area contributed by atoms with Gasteiger partial charge in [-0.1, -0.05) is 64.5 Å². The van der Waals surface area contributed by atoms with E-state index in [9.17, 15) is 4.79 Å². The molecule has 0 atom stereocenters.